The first-order chi connectivity index (χ1) is 8.24. The predicted molar refractivity (Wildman–Crippen MR) is 60.9 cm³/mol. The van der Waals surface area contributed by atoms with E-state index in [0.717, 1.165) is 12.8 Å². The highest BCUT2D eigenvalue weighted by atomic mass is 19.3. The minimum Gasteiger partial charge on any atom is -0.352 e. The van der Waals surface area contributed by atoms with E-state index in [-0.39, 0.29) is 6.04 Å². The summed E-state index contributed by atoms with van der Waals surface area (Å²) in [5.41, 5.74) is 0. The van der Waals surface area contributed by atoms with Crippen molar-refractivity contribution in [2.24, 2.45) is 0 Å². The van der Waals surface area contributed by atoms with E-state index in [4.69, 9.17) is 0 Å². The minimum atomic E-state index is -4.12. The van der Waals surface area contributed by atoms with Crippen molar-refractivity contribution in [1.82, 2.24) is 10.6 Å². The highest BCUT2D eigenvalue weighted by Crippen LogP contribution is 2.21. The molecule has 1 amide bonds. The summed E-state index contributed by atoms with van der Waals surface area (Å²) in [4.78, 5) is 11.6. The first-order valence-corrected chi connectivity index (χ1v) is 5.94. The van der Waals surface area contributed by atoms with Gasteiger partial charge in [0, 0.05) is 6.04 Å². The second-order valence-electron chi connectivity index (χ2n) is 4.19. The Balaban J connectivity index is 4.17. The third-order valence-corrected chi connectivity index (χ3v) is 2.69. The molecule has 0 fully saturated rings. The van der Waals surface area contributed by atoms with Crippen molar-refractivity contribution >= 4 is 5.91 Å². The van der Waals surface area contributed by atoms with Crippen molar-refractivity contribution in [3.8, 4) is 0 Å². The van der Waals surface area contributed by atoms with E-state index in [2.05, 4.69) is 10.6 Å². The fourth-order valence-electron chi connectivity index (χ4n) is 1.28. The second-order valence-corrected chi connectivity index (χ2v) is 4.19. The lowest BCUT2D eigenvalue weighted by Gasteiger charge is -2.21. The Kier molecular flexibility index (Phi) is 7.20. The summed E-state index contributed by atoms with van der Waals surface area (Å²) in [6, 6.07) is -0.965. The SMILES string of the molecule is CCC(CC)NC(=O)C(C)NCC(F)(F)C(F)F. The van der Waals surface area contributed by atoms with E-state index in [1.165, 1.54) is 6.92 Å². The van der Waals surface area contributed by atoms with Crippen LogP contribution in [0, 0.1) is 0 Å². The molecule has 0 aliphatic carbocycles. The summed E-state index contributed by atoms with van der Waals surface area (Å²) in [6.45, 7) is 3.91. The Morgan fingerprint density at radius 2 is 1.72 bits per heavy atom. The summed E-state index contributed by atoms with van der Waals surface area (Å²) in [6.07, 6.45) is -2.29. The van der Waals surface area contributed by atoms with Crippen LogP contribution in [-0.2, 0) is 4.79 Å². The number of alkyl halides is 4. The van der Waals surface area contributed by atoms with Gasteiger partial charge >= 0.3 is 12.3 Å². The molecule has 0 bridgehead atoms. The third-order valence-electron chi connectivity index (χ3n) is 2.69. The number of rotatable bonds is 8. The van der Waals surface area contributed by atoms with Gasteiger partial charge in [0.15, 0.2) is 0 Å². The van der Waals surface area contributed by atoms with Crippen LogP contribution in [0.3, 0.4) is 0 Å². The van der Waals surface area contributed by atoms with Gasteiger partial charge in [-0.1, -0.05) is 13.8 Å². The molecule has 0 aromatic rings. The van der Waals surface area contributed by atoms with Gasteiger partial charge in [-0.15, -0.1) is 0 Å². The van der Waals surface area contributed by atoms with E-state index in [1.54, 1.807) is 0 Å². The van der Waals surface area contributed by atoms with Gasteiger partial charge in [-0.3, -0.25) is 4.79 Å². The van der Waals surface area contributed by atoms with Gasteiger partial charge in [-0.05, 0) is 19.8 Å². The summed E-state index contributed by atoms with van der Waals surface area (Å²) in [5, 5.41) is 4.76. The lowest BCUT2D eigenvalue weighted by Crippen LogP contribution is -2.50. The van der Waals surface area contributed by atoms with Gasteiger partial charge in [0.2, 0.25) is 5.91 Å². The average Bonchev–Trinajstić information content (AvgIpc) is 2.32. The molecule has 2 N–H and O–H groups in total. The number of carbonyl (C=O) groups excluding carboxylic acids is 1. The first-order valence-electron chi connectivity index (χ1n) is 5.94. The van der Waals surface area contributed by atoms with E-state index in [9.17, 15) is 22.4 Å². The molecular weight excluding hydrogens is 252 g/mol. The number of carbonyl (C=O) groups is 1. The lowest BCUT2D eigenvalue weighted by molar-refractivity contribution is -0.131. The van der Waals surface area contributed by atoms with E-state index >= 15 is 0 Å². The van der Waals surface area contributed by atoms with Crippen LogP contribution < -0.4 is 10.6 Å². The van der Waals surface area contributed by atoms with E-state index in [1.807, 2.05) is 13.8 Å². The van der Waals surface area contributed by atoms with Crippen molar-refractivity contribution in [3.63, 3.8) is 0 Å². The average molecular weight is 272 g/mol. The maximum atomic E-state index is 12.6. The number of halogens is 4. The fraction of sp³-hybridized carbons (Fsp3) is 0.909. The topological polar surface area (TPSA) is 41.1 Å². The molecule has 108 valence electrons. The summed E-state index contributed by atoms with van der Waals surface area (Å²) < 4.78 is 49.0. The Bertz CT molecular complexity index is 257. The lowest BCUT2D eigenvalue weighted by atomic mass is 10.1. The number of hydrogen-bond acceptors (Lipinski definition) is 2. The second kappa shape index (κ2) is 7.56. The van der Waals surface area contributed by atoms with Gasteiger partial charge < -0.3 is 10.6 Å². The van der Waals surface area contributed by atoms with Crippen molar-refractivity contribution in [3.05, 3.63) is 0 Å². The molecule has 0 aromatic carbocycles. The molecule has 1 atom stereocenters. The number of nitrogens with one attached hydrogen (secondary N) is 2. The van der Waals surface area contributed by atoms with Crippen molar-refractivity contribution in [2.45, 2.75) is 58.0 Å². The van der Waals surface area contributed by atoms with Crippen LogP contribution >= 0.6 is 0 Å². The zero-order chi connectivity index (χ0) is 14.3. The molecule has 3 nitrogen and oxygen atoms in total. The molecular formula is C11H20F4N2O. The summed E-state index contributed by atoms with van der Waals surface area (Å²) in [5.74, 6) is -4.59. The highest BCUT2D eigenvalue weighted by molar-refractivity contribution is 5.81. The molecule has 7 heteroatoms. The van der Waals surface area contributed by atoms with Gasteiger partial charge in [-0.25, -0.2) is 8.78 Å². The quantitative estimate of drug-likeness (QED) is 0.665. The first kappa shape index (κ1) is 17.2. The van der Waals surface area contributed by atoms with Gasteiger partial charge in [0.05, 0.1) is 12.6 Å². The van der Waals surface area contributed by atoms with E-state index in [0.29, 0.717) is 0 Å². The molecule has 0 rings (SSSR count). The Morgan fingerprint density at radius 1 is 1.22 bits per heavy atom. The van der Waals surface area contributed by atoms with Crippen molar-refractivity contribution in [2.75, 3.05) is 6.54 Å². The molecule has 0 saturated heterocycles. The Morgan fingerprint density at radius 3 is 2.11 bits per heavy atom. The van der Waals surface area contributed by atoms with Crippen LogP contribution in [0.4, 0.5) is 17.6 Å². The van der Waals surface area contributed by atoms with Crippen LogP contribution in [0.25, 0.3) is 0 Å². The number of hydrogen-bond donors (Lipinski definition) is 2. The van der Waals surface area contributed by atoms with Crippen LogP contribution in [0.5, 0.6) is 0 Å². The standard InChI is InChI=1S/C11H20F4N2O/c1-4-8(5-2)17-9(18)7(3)16-6-11(14,15)10(12)13/h7-8,10,16H,4-6H2,1-3H3,(H,17,18). The van der Waals surface area contributed by atoms with Crippen molar-refractivity contribution < 1.29 is 22.4 Å². The smallest absolute Gasteiger partial charge is 0.319 e. The molecule has 0 spiro atoms. The molecule has 0 radical (unpaired) electrons. The molecule has 18 heavy (non-hydrogen) atoms. The fourth-order valence-corrected chi connectivity index (χ4v) is 1.28. The van der Waals surface area contributed by atoms with Crippen LogP contribution in [0.1, 0.15) is 33.6 Å². The van der Waals surface area contributed by atoms with Crippen LogP contribution in [0.2, 0.25) is 0 Å². The van der Waals surface area contributed by atoms with Gasteiger partial charge in [0.1, 0.15) is 0 Å². The number of amides is 1. The molecule has 1 unspecified atom stereocenters. The summed E-state index contributed by atoms with van der Waals surface area (Å²) >= 11 is 0. The molecule has 0 aromatic heterocycles. The monoisotopic (exact) mass is 272 g/mol. The largest absolute Gasteiger partial charge is 0.352 e. The summed E-state index contributed by atoms with van der Waals surface area (Å²) in [7, 11) is 0. The van der Waals surface area contributed by atoms with E-state index < -0.39 is 30.8 Å². The normalized spacial score (nSPS) is 14.1. The molecule has 0 aliphatic heterocycles. The molecule has 0 heterocycles. The zero-order valence-electron chi connectivity index (χ0n) is 10.8. The Labute approximate surface area is 104 Å². The van der Waals surface area contributed by atoms with Crippen LogP contribution in [-0.4, -0.2) is 36.9 Å². The highest BCUT2D eigenvalue weighted by Gasteiger charge is 2.40. The predicted octanol–water partition coefficient (Wildman–Crippen LogP) is 2.17. The molecule has 0 aliphatic rings. The third kappa shape index (κ3) is 5.66. The Hall–Kier alpha value is -0.850. The van der Waals surface area contributed by atoms with Gasteiger partial charge in [0.25, 0.3) is 0 Å². The maximum Gasteiger partial charge on any atom is 0.319 e. The van der Waals surface area contributed by atoms with Crippen molar-refractivity contribution in [1.29, 1.82) is 0 Å². The molecule has 0 saturated carbocycles. The maximum absolute atomic E-state index is 12.6. The van der Waals surface area contributed by atoms with Gasteiger partial charge in [-0.2, -0.15) is 8.78 Å². The minimum absolute atomic E-state index is 0.0302. The zero-order valence-corrected chi connectivity index (χ0v) is 10.8. The van der Waals surface area contributed by atoms with Crippen LogP contribution in [0.15, 0.2) is 0 Å².